The van der Waals surface area contributed by atoms with Crippen LogP contribution >= 0.6 is 0 Å². The number of aryl methyl sites for hydroxylation is 2. The molecule has 30 heavy (non-hydrogen) atoms. The minimum absolute atomic E-state index is 0.160. The molecule has 0 aliphatic rings. The molecule has 5 heteroatoms. The predicted octanol–water partition coefficient (Wildman–Crippen LogP) is 5.54. The highest BCUT2D eigenvalue weighted by Crippen LogP contribution is 2.29. The highest BCUT2D eigenvalue weighted by molar-refractivity contribution is 6.11. The van der Waals surface area contributed by atoms with E-state index < -0.39 is 0 Å². The second kappa shape index (κ2) is 7.87. The minimum Gasteiger partial charge on any atom is -0.497 e. The zero-order valence-electron chi connectivity index (χ0n) is 17.0. The number of benzene rings is 3. The van der Waals surface area contributed by atoms with Crippen molar-refractivity contribution in [3.05, 3.63) is 94.7 Å². The van der Waals surface area contributed by atoms with Gasteiger partial charge in [0.2, 0.25) is 5.78 Å². The molecule has 0 spiro atoms. The van der Waals surface area contributed by atoms with Crippen molar-refractivity contribution in [3.63, 3.8) is 0 Å². The Morgan fingerprint density at radius 1 is 0.867 bits per heavy atom. The van der Waals surface area contributed by atoms with Crippen LogP contribution in [0.2, 0.25) is 0 Å². The van der Waals surface area contributed by atoms with Gasteiger partial charge < -0.3 is 14.5 Å². The number of rotatable bonds is 5. The van der Waals surface area contributed by atoms with E-state index in [9.17, 15) is 9.59 Å². The highest BCUT2D eigenvalue weighted by atomic mass is 16.5. The molecule has 1 aromatic heterocycles. The summed E-state index contributed by atoms with van der Waals surface area (Å²) in [4.78, 5) is 25.4. The Bertz CT molecular complexity index is 1230. The molecule has 150 valence electrons. The van der Waals surface area contributed by atoms with Crippen LogP contribution in [-0.4, -0.2) is 18.8 Å². The van der Waals surface area contributed by atoms with Crippen molar-refractivity contribution in [2.45, 2.75) is 13.8 Å². The minimum atomic E-state index is -0.240. The van der Waals surface area contributed by atoms with Crippen molar-refractivity contribution in [2.24, 2.45) is 0 Å². The van der Waals surface area contributed by atoms with E-state index in [0.717, 1.165) is 16.5 Å². The Labute approximate surface area is 174 Å². The number of carbonyl (C=O) groups excluding carboxylic acids is 2. The number of anilines is 1. The van der Waals surface area contributed by atoms with Crippen LogP contribution in [0, 0.1) is 13.8 Å². The Balaban J connectivity index is 1.60. The fraction of sp³-hybridized carbons (Fsp3) is 0.120. The van der Waals surface area contributed by atoms with E-state index in [4.69, 9.17) is 9.15 Å². The van der Waals surface area contributed by atoms with Crippen molar-refractivity contribution in [2.75, 3.05) is 12.4 Å². The fourth-order valence-electron chi connectivity index (χ4n) is 3.30. The largest absolute Gasteiger partial charge is 0.497 e. The molecule has 0 aliphatic heterocycles. The number of nitrogens with one attached hydrogen (secondary N) is 1. The summed E-state index contributed by atoms with van der Waals surface area (Å²) in [6.45, 7) is 3.84. The molecule has 0 radical (unpaired) electrons. The van der Waals surface area contributed by atoms with Crippen molar-refractivity contribution in [3.8, 4) is 5.75 Å². The van der Waals surface area contributed by atoms with Crippen LogP contribution < -0.4 is 10.1 Å². The van der Waals surface area contributed by atoms with Crippen LogP contribution in [0.25, 0.3) is 11.0 Å². The molecule has 1 heterocycles. The fourth-order valence-corrected chi connectivity index (χ4v) is 3.30. The van der Waals surface area contributed by atoms with Gasteiger partial charge in [-0.1, -0.05) is 29.8 Å². The summed E-state index contributed by atoms with van der Waals surface area (Å²) < 4.78 is 11.0. The van der Waals surface area contributed by atoms with E-state index in [-0.39, 0.29) is 11.7 Å². The smallest absolute Gasteiger partial charge is 0.255 e. The number of furan rings is 1. The van der Waals surface area contributed by atoms with Crippen molar-refractivity contribution in [1.29, 1.82) is 0 Å². The zero-order chi connectivity index (χ0) is 21.3. The highest BCUT2D eigenvalue weighted by Gasteiger charge is 2.19. The summed E-state index contributed by atoms with van der Waals surface area (Å²) in [5, 5.41) is 3.70. The number of amides is 1. The Morgan fingerprint density at radius 2 is 1.53 bits per heavy atom. The number of hydrogen-bond acceptors (Lipinski definition) is 4. The van der Waals surface area contributed by atoms with Gasteiger partial charge in [0, 0.05) is 33.8 Å². The first-order chi connectivity index (χ1) is 14.5. The van der Waals surface area contributed by atoms with Gasteiger partial charge in [0.1, 0.15) is 11.3 Å². The van der Waals surface area contributed by atoms with Gasteiger partial charge in [0.15, 0.2) is 5.76 Å². The molecule has 0 aliphatic carbocycles. The second-order valence-corrected chi connectivity index (χ2v) is 7.14. The summed E-state index contributed by atoms with van der Waals surface area (Å²) in [6.07, 6.45) is 0. The number of ether oxygens (including phenoxy) is 1. The van der Waals surface area contributed by atoms with E-state index in [2.05, 4.69) is 5.32 Å². The van der Waals surface area contributed by atoms with Crippen LogP contribution in [0.3, 0.4) is 0 Å². The summed E-state index contributed by atoms with van der Waals surface area (Å²) in [7, 11) is 1.58. The quantitative estimate of drug-likeness (QED) is 0.447. The van der Waals surface area contributed by atoms with Crippen LogP contribution in [0.15, 0.2) is 71.1 Å². The molecule has 1 N–H and O–H groups in total. The maximum absolute atomic E-state index is 12.9. The van der Waals surface area contributed by atoms with Gasteiger partial charge >= 0.3 is 0 Å². The summed E-state index contributed by atoms with van der Waals surface area (Å²) >= 11 is 0. The normalized spacial score (nSPS) is 10.8. The average Bonchev–Trinajstić information content (AvgIpc) is 3.09. The topological polar surface area (TPSA) is 68.5 Å². The number of methoxy groups -OCH3 is 1. The van der Waals surface area contributed by atoms with Gasteiger partial charge in [-0.25, -0.2) is 0 Å². The van der Waals surface area contributed by atoms with Gasteiger partial charge in [0.05, 0.1) is 7.11 Å². The lowest BCUT2D eigenvalue weighted by Gasteiger charge is -2.06. The summed E-state index contributed by atoms with van der Waals surface area (Å²) in [5.74, 6) is 0.598. The zero-order valence-corrected chi connectivity index (χ0v) is 17.0. The standard InChI is InChI=1S/C25H21NO4/c1-15-4-6-17(7-5-15)23(27)24-16(2)21-13-10-19(14-22(21)30-24)26-25(28)18-8-11-20(29-3)12-9-18/h4-14H,1-3H3,(H,26,28). The first-order valence-corrected chi connectivity index (χ1v) is 9.56. The van der Waals surface area contributed by atoms with E-state index in [0.29, 0.717) is 33.9 Å². The maximum atomic E-state index is 12.9. The SMILES string of the molecule is COc1ccc(C(=O)Nc2ccc3c(C)c(C(=O)c4ccc(C)cc4)oc3c2)cc1. The molecule has 1 amide bonds. The lowest BCUT2D eigenvalue weighted by molar-refractivity contribution is 0.101. The van der Waals surface area contributed by atoms with E-state index in [1.165, 1.54) is 0 Å². The molecule has 0 saturated carbocycles. The van der Waals surface area contributed by atoms with E-state index in [1.54, 1.807) is 55.6 Å². The molecule has 5 nitrogen and oxygen atoms in total. The molecule has 0 bridgehead atoms. The second-order valence-electron chi connectivity index (χ2n) is 7.14. The lowest BCUT2D eigenvalue weighted by atomic mass is 10.0. The monoisotopic (exact) mass is 399 g/mol. The first-order valence-electron chi connectivity index (χ1n) is 9.56. The average molecular weight is 399 g/mol. The molecular formula is C25H21NO4. The van der Waals surface area contributed by atoms with Crippen LogP contribution in [0.4, 0.5) is 5.69 Å². The predicted molar refractivity (Wildman–Crippen MR) is 117 cm³/mol. The summed E-state index contributed by atoms with van der Waals surface area (Å²) in [5.41, 5.74) is 4.10. The van der Waals surface area contributed by atoms with Gasteiger partial charge in [-0.05, 0) is 50.2 Å². The van der Waals surface area contributed by atoms with Gasteiger partial charge in [-0.15, -0.1) is 0 Å². The molecular weight excluding hydrogens is 378 g/mol. The van der Waals surface area contributed by atoms with Gasteiger partial charge in [0.25, 0.3) is 5.91 Å². The Morgan fingerprint density at radius 3 is 2.20 bits per heavy atom. The molecule has 4 aromatic rings. The third kappa shape index (κ3) is 3.70. The molecule has 0 saturated heterocycles. The number of carbonyl (C=O) groups is 2. The third-order valence-electron chi connectivity index (χ3n) is 5.07. The molecule has 0 atom stereocenters. The first kappa shape index (κ1) is 19.5. The van der Waals surface area contributed by atoms with E-state index in [1.807, 2.05) is 32.0 Å². The third-order valence-corrected chi connectivity index (χ3v) is 5.07. The number of fused-ring (bicyclic) bond motifs is 1. The number of ketones is 1. The molecule has 3 aromatic carbocycles. The van der Waals surface area contributed by atoms with Crippen LogP contribution in [0.1, 0.15) is 37.6 Å². The van der Waals surface area contributed by atoms with Gasteiger partial charge in [-0.2, -0.15) is 0 Å². The van der Waals surface area contributed by atoms with Crippen molar-refractivity contribution < 1.29 is 18.7 Å². The molecule has 0 unspecified atom stereocenters. The van der Waals surface area contributed by atoms with Crippen molar-refractivity contribution >= 4 is 28.3 Å². The maximum Gasteiger partial charge on any atom is 0.255 e. The van der Waals surface area contributed by atoms with Crippen LogP contribution in [-0.2, 0) is 0 Å². The lowest BCUT2D eigenvalue weighted by Crippen LogP contribution is -2.11. The summed E-state index contributed by atoms with van der Waals surface area (Å²) in [6, 6.07) is 19.6. The Hall–Kier alpha value is -3.86. The number of hydrogen-bond donors (Lipinski definition) is 1. The van der Waals surface area contributed by atoms with E-state index >= 15 is 0 Å². The van der Waals surface area contributed by atoms with Gasteiger partial charge in [-0.3, -0.25) is 9.59 Å². The van der Waals surface area contributed by atoms with Crippen molar-refractivity contribution in [1.82, 2.24) is 0 Å². The van der Waals surface area contributed by atoms with Crippen LogP contribution in [0.5, 0.6) is 5.75 Å². The Kier molecular flexibility index (Phi) is 5.11. The molecule has 4 rings (SSSR count). The molecule has 0 fully saturated rings.